The molecule has 1 aromatic rings. The van der Waals surface area contributed by atoms with E-state index < -0.39 is 36.7 Å². The molecule has 196 valence electrons. The Morgan fingerprint density at radius 3 is 2.51 bits per heavy atom. The Morgan fingerprint density at radius 1 is 1.20 bits per heavy atom. The predicted octanol–water partition coefficient (Wildman–Crippen LogP) is 4.84. The van der Waals surface area contributed by atoms with Crippen LogP contribution in [-0.4, -0.2) is 52.0 Å². The minimum absolute atomic E-state index is 0.0775. The molecule has 7 heteroatoms. The van der Waals surface area contributed by atoms with Gasteiger partial charge in [0.25, 0.3) is 0 Å². The first kappa shape index (κ1) is 27.5. The van der Waals surface area contributed by atoms with E-state index in [0.717, 1.165) is 36.8 Å². The topological polar surface area (TPSA) is 105 Å². The van der Waals surface area contributed by atoms with E-state index in [2.05, 4.69) is 39.8 Å². The molecule has 0 saturated carbocycles. The number of aryl methyl sites for hydroxylation is 1. The van der Waals surface area contributed by atoms with Gasteiger partial charge >= 0.3 is 5.97 Å². The first-order valence-corrected chi connectivity index (χ1v) is 12.8. The van der Waals surface area contributed by atoms with Crippen LogP contribution in [0.15, 0.2) is 17.7 Å². The highest BCUT2D eigenvalue weighted by atomic mass is 16.7. The average Bonchev–Trinajstić information content (AvgIpc) is 2.76. The van der Waals surface area contributed by atoms with Crippen molar-refractivity contribution < 1.29 is 34.3 Å². The molecule has 35 heavy (non-hydrogen) atoms. The molecule has 1 heterocycles. The van der Waals surface area contributed by atoms with Crippen LogP contribution in [0, 0.1) is 12.8 Å². The lowest BCUT2D eigenvalue weighted by molar-refractivity contribution is -0.272. The van der Waals surface area contributed by atoms with E-state index in [0.29, 0.717) is 11.8 Å². The normalized spacial score (nSPS) is 31.3. The minimum atomic E-state index is -1.45. The van der Waals surface area contributed by atoms with Gasteiger partial charge in [-0.05, 0) is 82.3 Å². The molecule has 1 aliphatic carbocycles. The Hall–Kier alpha value is -2.09. The number of carbonyl (C=O) groups excluding carboxylic acids is 1. The lowest BCUT2D eigenvalue weighted by atomic mass is 9.70. The number of hydrogen-bond donors (Lipinski definition) is 3. The summed E-state index contributed by atoms with van der Waals surface area (Å²) >= 11 is 0. The molecule has 7 nitrogen and oxygen atoms in total. The molecular weight excluding hydrogens is 448 g/mol. The molecule has 3 rings (SSSR count). The number of aliphatic hydroxyl groups is 2. The Bertz CT molecular complexity index is 936. The van der Waals surface area contributed by atoms with Crippen molar-refractivity contribution in [2.45, 2.75) is 117 Å². The first-order chi connectivity index (χ1) is 16.4. The molecule has 1 saturated heterocycles. The van der Waals surface area contributed by atoms with Crippen LogP contribution in [0.5, 0.6) is 11.5 Å². The monoisotopic (exact) mass is 490 g/mol. The lowest BCUT2D eigenvalue weighted by Crippen LogP contribution is -2.59. The molecular formula is C28H42O7. The smallest absolute Gasteiger partial charge is 0.303 e. The number of phenolic OH excluding ortho intramolecular Hbond substituents is 1. The number of phenols is 1. The van der Waals surface area contributed by atoms with E-state index in [1.54, 1.807) is 6.92 Å². The van der Waals surface area contributed by atoms with E-state index in [1.807, 2.05) is 6.92 Å². The number of ether oxygens (including phenoxy) is 3. The summed E-state index contributed by atoms with van der Waals surface area (Å²) in [4.78, 5) is 11.4. The SMILES string of the molecule is CC(=O)OC1C(C)OC(Oc2c(C)cc3c(c2O)[C@@H](C)CC[C@@H]3[C@@H](C)CCC=C(C)C)C(O)[C@@H]1O. The van der Waals surface area contributed by atoms with Gasteiger partial charge in [0.1, 0.15) is 12.2 Å². The van der Waals surface area contributed by atoms with Gasteiger partial charge in [0.05, 0.1) is 6.10 Å². The maximum atomic E-state index is 11.4. The maximum Gasteiger partial charge on any atom is 0.303 e. The molecule has 8 atom stereocenters. The van der Waals surface area contributed by atoms with Crippen LogP contribution in [-0.2, 0) is 14.3 Å². The number of fused-ring (bicyclic) bond motifs is 1. The fraction of sp³-hybridized carbons (Fsp3) is 0.679. The summed E-state index contributed by atoms with van der Waals surface area (Å²) in [6.45, 7) is 13.4. The zero-order valence-corrected chi connectivity index (χ0v) is 22.1. The van der Waals surface area contributed by atoms with Crippen molar-refractivity contribution in [1.29, 1.82) is 0 Å². The molecule has 1 aromatic carbocycles. The van der Waals surface area contributed by atoms with Crippen LogP contribution in [0.1, 0.15) is 95.8 Å². The third-order valence-corrected chi connectivity index (χ3v) is 7.49. The van der Waals surface area contributed by atoms with Crippen molar-refractivity contribution in [3.05, 3.63) is 34.4 Å². The first-order valence-electron chi connectivity index (χ1n) is 12.8. The number of carbonyl (C=O) groups is 1. The molecule has 0 radical (unpaired) electrons. The Balaban J connectivity index is 1.86. The highest BCUT2D eigenvalue weighted by Gasteiger charge is 2.46. The maximum absolute atomic E-state index is 11.4. The number of aliphatic hydroxyl groups excluding tert-OH is 2. The summed E-state index contributed by atoms with van der Waals surface area (Å²) in [7, 11) is 0. The molecule has 2 aliphatic rings. The molecule has 0 aromatic heterocycles. The molecule has 0 spiro atoms. The zero-order chi connectivity index (χ0) is 26.0. The average molecular weight is 491 g/mol. The van der Waals surface area contributed by atoms with Crippen molar-refractivity contribution in [2.75, 3.05) is 0 Å². The summed E-state index contributed by atoms with van der Waals surface area (Å²) in [5.41, 5.74) is 4.14. The standard InChI is InChI=1S/C28H42O7/c1-14(2)9-8-10-15(3)20-12-11-16(4)22-21(20)13-17(5)26(23(22)30)35-28-25(32)24(31)27(18(6)33-28)34-19(7)29/h9,13,15-16,18,20,24-25,27-28,30-32H,8,10-12H2,1-7H3/t15-,16-,18?,20+,24-,25?,27?,28?/m0/s1. The largest absolute Gasteiger partial charge is 0.504 e. The highest BCUT2D eigenvalue weighted by Crippen LogP contribution is 2.51. The van der Waals surface area contributed by atoms with Crippen LogP contribution in [0.2, 0.25) is 0 Å². The molecule has 3 N–H and O–H groups in total. The Morgan fingerprint density at radius 2 is 1.89 bits per heavy atom. The summed E-state index contributed by atoms with van der Waals surface area (Å²) in [5, 5.41) is 32.5. The van der Waals surface area contributed by atoms with Crippen LogP contribution in [0.4, 0.5) is 0 Å². The Kier molecular flexibility index (Phi) is 8.89. The second-order valence-corrected chi connectivity index (χ2v) is 10.7. The molecule has 1 fully saturated rings. The number of aromatic hydroxyl groups is 1. The van der Waals surface area contributed by atoms with E-state index >= 15 is 0 Å². The van der Waals surface area contributed by atoms with Crippen molar-refractivity contribution in [3.63, 3.8) is 0 Å². The number of rotatable bonds is 7. The number of hydrogen-bond acceptors (Lipinski definition) is 7. The van der Waals surface area contributed by atoms with Crippen LogP contribution in [0.3, 0.4) is 0 Å². The van der Waals surface area contributed by atoms with Crippen LogP contribution < -0.4 is 4.74 Å². The third-order valence-electron chi connectivity index (χ3n) is 7.49. The van der Waals surface area contributed by atoms with Gasteiger partial charge in [0.15, 0.2) is 17.6 Å². The van der Waals surface area contributed by atoms with Gasteiger partial charge in [-0.15, -0.1) is 0 Å². The summed E-state index contributed by atoms with van der Waals surface area (Å²) in [6, 6.07) is 2.10. The molecule has 0 bridgehead atoms. The molecule has 0 amide bonds. The van der Waals surface area contributed by atoms with Crippen LogP contribution in [0.25, 0.3) is 0 Å². The highest BCUT2D eigenvalue weighted by molar-refractivity contribution is 5.66. The van der Waals surface area contributed by atoms with Crippen molar-refractivity contribution in [2.24, 2.45) is 5.92 Å². The quantitative estimate of drug-likeness (QED) is 0.371. The van der Waals surface area contributed by atoms with Crippen molar-refractivity contribution >= 4 is 5.97 Å². The summed E-state index contributed by atoms with van der Waals surface area (Å²) < 4.78 is 16.9. The summed E-state index contributed by atoms with van der Waals surface area (Å²) in [5.74, 6) is 0.757. The fourth-order valence-corrected chi connectivity index (χ4v) is 5.53. The van der Waals surface area contributed by atoms with E-state index in [1.165, 1.54) is 18.1 Å². The second kappa shape index (κ2) is 11.3. The third kappa shape index (κ3) is 6.01. The van der Waals surface area contributed by atoms with Crippen LogP contribution >= 0.6 is 0 Å². The molecule has 1 aliphatic heterocycles. The van der Waals surface area contributed by atoms with E-state index in [9.17, 15) is 20.1 Å². The Labute approximate surface area is 209 Å². The second-order valence-electron chi connectivity index (χ2n) is 10.7. The van der Waals surface area contributed by atoms with Crippen molar-refractivity contribution in [1.82, 2.24) is 0 Å². The van der Waals surface area contributed by atoms with Gasteiger partial charge in [-0.2, -0.15) is 0 Å². The lowest BCUT2D eigenvalue weighted by Gasteiger charge is -2.41. The number of esters is 1. The minimum Gasteiger partial charge on any atom is -0.504 e. The predicted molar refractivity (Wildman–Crippen MR) is 134 cm³/mol. The summed E-state index contributed by atoms with van der Waals surface area (Å²) in [6.07, 6.45) is 0.709. The molecule has 4 unspecified atom stereocenters. The number of allylic oxidation sites excluding steroid dienone is 2. The number of benzene rings is 1. The van der Waals surface area contributed by atoms with Gasteiger partial charge in [-0.3, -0.25) is 4.79 Å². The van der Waals surface area contributed by atoms with Gasteiger partial charge in [-0.25, -0.2) is 0 Å². The van der Waals surface area contributed by atoms with Gasteiger partial charge in [-0.1, -0.05) is 31.6 Å². The van der Waals surface area contributed by atoms with Gasteiger partial charge < -0.3 is 29.5 Å². The fourth-order valence-electron chi connectivity index (χ4n) is 5.53. The van der Waals surface area contributed by atoms with E-state index in [-0.39, 0.29) is 17.4 Å². The zero-order valence-electron chi connectivity index (χ0n) is 22.1. The van der Waals surface area contributed by atoms with Crippen molar-refractivity contribution in [3.8, 4) is 11.5 Å². The van der Waals surface area contributed by atoms with Gasteiger partial charge in [0.2, 0.25) is 6.29 Å². The van der Waals surface area contributed by atoms with Gasteiger partial charge in [0, 0.05) is 12.5 Å². The van der Waals surface area contributed by atoms with E-state index in [4.69, 9.17) is 14.2 Å².